The van der Waals surface area contributed by atoms with E-state index in [2.05, 4.69) is 31.5 Å². The molecule has 0 aliphatic heterocycles. The van der Waals surface area contributed by atoms with Gasteiger partial charge >= 0.3 is 0 Å². The van der Waals surface area contributed by atoms with Crippen LogP contribution in [-0.4, -0.2) is 17.4 Å². The van der Waals surface area contributed by atoms with E-state index in [1.54, 1.807) is 6.92 Å². The van der Waals surface area contributed by atoms with Crippen LogP contribution < -0.4 is 10.6 Å². The first-order valence-corrected chi connectivity index (χ1v) is 6.97. The Bertz CT molecular complexity index is 679. The van der Waals surface area contributed by atoms with E-state index in [0.717, 1.165) is 0 Å². The smallest absolute Gasteiger partial charge is 0.258 e. The second kappa shape index (κ2) is 6.62. The lowest BCUT2D eigenvalue weighted by atomic mass is 10.2. The summed E-state index contributed by atoms with van der Waals surface area (Å²) in [6.45, 7) is 2.28. The van der Waals surface area contributed by atoms with Crippen molar-refractivity contribution in [2.75, 3.05) is 17.2 Å². The fourth-order valence-corrected chi connectivity index (χ4v) is 2.14. The van der Waals surface area contributed by atoms with Crippen molar-refractivity contribution >= 4 is 33.3 Å². The summed E-state index contributed by atoms with van der Waals surface area (Å²) in [5.41, 5.74) is 0.208. The number of anilines is 2. The van der Waals surface area contributed by atoms with Crippen LogP contribution in [0.4, 0.5) is 20.3 Å². The molecule has 0 fully saturated rings. The van der Waals surface area contributed by atoms with Gasteiger partial charge in [0.2, 0.25) is 0 Å². The Morgan fingerprint density at radius 3 is 2.76 bits per heavy atom. The number of nitrogens with one attached hydrogen (secondary N) is 2. The second-order valence-corrected chi connectivity index (χ2v) is 4.98. The van der Waals surface area contributed by atoms with Crippen LogP contribution in [0.2, 0.25) is 0 Å². The summed E-state index contributed by atoms with van der Waals surface area (Å²) in [5.74, 6) is -1.79. The molecule has 1 heterocycles. The fraction of sp³-hybridized carbons (Fsp3) is 0.143. The highest BCUT2D eigenvalue weighted by Crippen LogP contribution is 2.24. The number of carbonyl (C=O) groups is 1. The Kier molecular flexibility index (Phi) is 4.85. The zero-order chi connectivity index (χ0) is 15.4. The highest BCUT2D eigenvalue weighted by molar-refractivity contribution is 9.10. The van der Waals surface area contributed by atoms with E-state index < -0.39 is 17.5 Å². The molecule has 0 unspecified atom stereocenters. The largest absolute Gasteiger partial charge is 0.368 e. The van der Waals surface area contributed by atoms with Gasteiger partial charge in [-0.15, -0.1) is 0 Å². The van der Waals surface area contributed by atoms with Gasteiger partial charge in [-0.3, -0.25) is 4.79 Å². The molecule has 1 aromatic carbocycles. The average molecular weight is 356 g/mol. The molecule has 0 radical (unpaired) electrons. The zero-order valence-electron chi connectivity index (χ0n) is 11.1. The zero-order valence-corrected chi connectivity index (χ0v) is 12.7. The molecule has 1 aromatic heterocycles. The fourth-order valence-electron chi connectivity index (χ4n) is 1.69. The Balaban J connectivity index is 2.26. The number of rotatable bonds is 4. The molecule has 0 saturated heterocycles. The summed E-state index contributed by atoms with van der Waals surface area (Å²) in [4.78, 5) is 15.9. The summed E-state index contributed by atoms with van der Waals surface area (Å²) in [5, 5.41) is 5.24. The lowest BCUT2D eigenvalue weighted by Gasteiger charge is -2.10. The molecule has 0 spiro atoms. The topological polar surface area (TPSA) is 54.0 Å². The summed E-state index contributed by atoms with van der Waals surface area (Å²) in [7, 11) is 0. The predicted molar refractivity (Wildman–Crippen MR) is 80.4 cm³/mol. The molecular weight excluding hydrogens is 344 g/mol. The van der Waals surface area contributed by atoms with Gasteiger partial charge in [-0.05, 0) is 47.1 Å². The predicted octanol–water partition coefficient (Wildman–Crippen LogP) is 3.81. The van der Waals surface area contributed by atoms with Gasteiger partial charge in [0, 0.05) is 17.2 Å². The van der Waals surface area contributed by atoms with E-state index in [4.69, 9.17) is 0 Å². The molecule has 0 atom stereocenters. The highest BCUT2D eigenvalue weighted by Gasteiger charge is 2.16. The van der Waals surface area contributed by atoms with Gasteiger partial charge in [0.1, 0.15) is 5.82 Å². The maximum absolute atomic E-state index is 14.1. The van der Waals surface area contributed by atoms with Crippen molar-refractivity contribution in [1.82, 2.24) is 4.98 Å². The third-order valence-electron chi connectivity index (χ3n) is 2.66. The number of hydrogen-bond acceptors (Lipinski definition) is 3. The first kappa shape index (κ1) is 15.4. The van der Waals surface area contributed by atoms with E-state index >= 15 is 0 Å². The Morgan fingerprint density at radius 1 is 1.33 bits per heavy atom. The molecule has 2 N–H and O–H groups in total. The summed E-state index contributed by atoms with van der Waals surface area (Å²) < 4.78 is 27.5. The number of aromatic nitrogens is 1. The van der Waals surface area contributed by atoms with E-state index in [0.29, 0.717) is 16.7 Å². The Morgan fingerprint density at radius 2 is 2.10 bits per heavy atom. The number of nitrogens with zero attached hydrogens (tertiary/aromatic N) is 1. The molecule has 2 aromatic rings. The van der Waals surface area contributed by atoms with Crippen LogP contribution in [0, 0.1) is 11.6 Å². The summed E-state index contributed by atoms with van der Waals surface area (Å²) in [6, 6.07) is 5.08. The van der Waals surface area contributed by atoms with Crippen molar-refractivity contribution < 1.29 is 13.6 Å². The lowest BCUT2D eigenvalue weighted by Crippen LogP contribution is -2.16. The van der Waals surface area contributed by atoms with E-state index in [1.165, 1.54) is 30.5 Å². The third-order valence-corrected chi connectivity index (χ3v) is 3.31. The average Bonchev–Trinajstić information content (AvgIpc) is 2.44. The SMILES string of the molecule is CCNc1nccc(C(=O)Nc2ccc(F)cc2Br)c1F. The summed E-state index contributed by atoms with van der Waals surface area (Å²) in [6.07, 6.45) is 1.34. The van der Waals surface area contributed by atoms with Gasteiger partial charge in [0.05, 0.1) is 11.3 Å². The lowest BCUT2D eigenvalue weighted by molar-refractivity contribution is 0.102. The molecule has 0 aliphatic carbocycles. The monoisotopic (exact) mass is 355 g/mol. The van der Waals surface area contributed by atoms with Crippen LogP contribution in [0.3, 0.4) is 0 Å². The van der Waals surface area contributed by atoms with E-state index in [1.807, 2.05) is 0 Å². The number of halogens is 3. The normalized spacial score (nSPS) is 10.3. The molecule has 7 heteroatoms. The second-order valence-electron chi connectivity index (χ2n) is 4.13. The van der Waals surface area contributed by atoms with Crippen LogP contribution in [-0.2, 0) is 0 Å². The molecule has 0 saturated carbocycles. The van der Waals surface area contributed by atoms with Crippen LogP contribution in [0.25, 0.3) is 0 Å². The molecular formula is C14H12BrF2N3O. The number of amides is 1. The molecule has 21 heavy (non-hydrogen) atoms. The number of carbonyl (C=O) groups excluding carboxylic acids is 1. The number of pyridine rings is 1. The first-order chi connectivity index (χ1) is 10.0. The molecule has 0 aliphatic rings. The van der Waals surface area contributed by atoms with Crippen LogP contribution in [0.1, 0.15) is 17.3 Å². The van der Waals surface area contributed by atoms with Crippen molar-refractivity contribution in [2.45, 2.75) is 6.92 Å². The van der Waals surface area contributed by atoms with Crippen molar-refractivity contribution in [3.05, 3.63) is 52.1 Å². The molecule has 2 rings (SSSR count). The van der Waals surface area contributed by atoms with Crippen LogP contribution in [0.5, 0.6) is 0 Å². The maximum atomic E-state index is 14.1. The molecule has 110 valence electrons. The van der Waals surface area contributed by atoms with Crippen molar-refractivity contribution in [3.63, 3.8) is 0 Å². The van der Waals surface area contributed by atoms with Gasteiger partial charge in [-0.2, -0.15) is 0 Å². The Hall–Kier alpha value is -2.02. The van der Waals surface area contributed by atoms with E-state index in [-0.39, 0.29) is 11.4 Å². The quantitative estimate of drug-likeness (QED) is 0.876. The van der Waals surface area contributed by atoms with Gasteiger partial charge in [0.25, 0.3) is 5.91 Å². The van der Waals surface area contributed by atoms with Crippen molar-refractivity contribution in [3.8, 4) is 0 Å². The van der Waals surface area contributed by atoms with Crippen LogP contribution in [0.15, 0.2) is 34.9 Å². The van der Waals surface area contributed by atoms with Gasteiger partial charge in [-0.1, -0.05) is 0 Å². The van der Waals surface area contributed by atoms with Crippen LogP contribution >= 0.6 is 15.9 Å². The van der Waals surface area contributed by atoms with E-state index in [9.17, 15) is 13.6 Å². The van der Waals surface area contributed by atoms with Gasteiger partial charge in [0.15, 0.2) is 11.6 Å². The molecule has 0 bridgehead atoms. The minimum absolute atomic E-state index is 0.0170. The van der Waals surface area contributed by atoms with Crippen molar-refractivity contribution in [2.24, 2.45) is 0 Å². The first-order valence-electron chi connectivity index (χ1n) is 6.17. The Labute approximate surface area is 128 Å². The van der Waals surface area contributed by atoms with Crippen molar-refractivity contribution in [1.29, 1.82) is 0 Å². The molecule has 4 nitrogen and oxygen atoms in total. The highest BCUT2D eigenvalue weighted by atomic mass is 79.9. The summed E-state index contributed by atoms with van der Waals surface area (Å²) >= 11 is 3.13. The standard InChI is InChI=1S/C14H12BrF2N3O/c1-2-18-13-12(17)9(5-6-19-13)14(21)20-11-4-3-8(16)7-10(11)15/h3-7H,2H2,1H3,(H,18,19)(H,20,21). The minimum atomic E-state index is -0.727. The maximum Gasteiger partial charge on any atom is 0.258 e. The number of hydrogen-bond donors (Lipinski definition) is 2. The van der Waals surface area contributed by atoms with Gasteiger partial charge in [-0.25, -0.2) is 13.8 Å². The third kappa shape index (κ3) is 3.55. The minimum Gasteiger partial charge on any atom is -0.368 e. The molecule has 1 amide bonds. The number of benzene rings is 1. The van der Waals surface area contributed by atoms with Gasteiger partial charge < -0.3 is 10.6 Å².